The highest BCUT2D eigenvalue weighted by Crippen LogP contribution is 2.27. The molecule has 0 fully saturated rings. The second-order valence-electron chi connectivity index (χ2n) is 3.26. The largest absolute Gasteiger partial charge is 0.399 e. The zero-order valence-corrected chi connectivity index (χ0v) is 10.2. The molecule has 0 radical (unpaired) electrons. The number of nitrogen functional groups attached to an aromatic ring is 1. The summed E-state index contributed by atoms with van der Waals surface area (Å²) >= 11 is 5.79. The van der Waals surface area contributed by atoms with E-state index in [1.165, 1.54) is 18.2 Å². The first kappa shape index (κ1) is 12.8. The Morgan fingerprint density at radius 1 is 1.56 bits per heavy atom. The Balaban J connectivity index is 3.39. The predicted molar refractivity (Wildman–Crippen MR) is 62.7 cm³/mol. The van der Waals surface area contributed by atoms with Gasteiger partial charge in [0.1, 0.15) is 0 Å². The summed E-state index contributed by atoms with van der Waals surface area (Å²) in [5.74, 6) is 0. The topological polar surface area (TPSA) is 84.0 Å². The fraction of sp³-hybridized carbons (Fsp3) is 0.300. The van der Waals surface area contributed by atoms with Crippen molar-refractivity contribution in [1.29, 1.82) is 5.26 Å². The molecule has 0 saturated carbocycles. The van der Waals surface area contributed by atoms with Crippen LogP contribution in [0.4, 0.5) is 5.69 Å². The monoisotopic (exact) mass is 258 g/mol. The van der Waals surface area contributed by atoms with E-state index in [1.54, 1.807) is 13.0 Å². The van der Waals surface area contributed by atoms with E-state index in [-0.39, 0.29) is 16.3 Å². The normalized spacial score (nSPS) is 13.1. The summed E-state index contributed by atoms with van der Waals surface area (Å²) in [5.41, 5.74) is 5.80. The molecule has 1 atom stereocenters. The van der Waals surface area contributed by atoms with Crippen molar-refractivity contribution in [3.8, 4) is 6.07 Å². The minimum absolute atomic E-state index is 0.0810. The Morgan fingerprint density at radius 2 is 2.19 bits per heavy atom. The van der Waals surface area contributed by atoms with Gasteiger partial charge in [0, 0.05) is 5.69 Å². The molecular weight excluding hydrogens is 248 g/mol. The molecule has 4 nitrogen and oxygen atoms in total. The molecule has 6 heteroatoms. The van der Waals surface area contributed by atoms with Crippen LogP contribution in [0.3, 0.4) is 0 Å². The number of hydrogen-bond acceptors (Lipinski definition) is 4. The van der Waals surface area contributed by atoms with E-state index in [4.69, 9.17) is 22.6 Å². The molecule has 0 saturated heterocycles. The van der Waals surface area contributed by atoms with Gasteiger partial charge in [0.15, 0.2) is 15.1 Å². The molecule has 0 bridgehead atoms. The third-order valence-corrected chi connectivity index (χ3v) is 4.73. The van der Waals surface area contributed by atoms with E-state index in [0.717, 1.165) is 0 Å². The Bertz CT molecular complexity index is 534. The molecule has 0 heterocycles. The highest BCUT2D eigenvalue weighted by Gasteiger charge is 2.28. The first-order chi connectivity index (χ1) is 7.43. The third-order valence-electron chi connectivity index (χ3n) is 2.15. The van der Waals surface area contributed by atoms with Crippen molar-refractivity contribution in [3.63, 3.8) is 0 Å². The van der Waals surface area contributed by atoms with E-state index >= 15 is 0 Å². The van der Waals surface area contributed by atoms with Gasteiger partial charge in [0.25, 0.3) is 0 Å². The number of anilines is 1. The Labute approximate surface area is 99.6 Å². The molecule has 0 aromatic heterocycles. The molecule has 1 aromatic carbocycles. The molecule has 1 rings (SSSR count). The fourth-order valence-corrected chi connectivity index (χ4v) is 3.24. The third kappa shape index (κ3) is 2.29. The lowest BCUT2D eigenvalue weighted by molar-refractivity contribution is 0.587. The Kier molecular flexibility index (Phi) is 3.79. The second kappa shape index (κ2) is 4.73. The van der Waals surface area contributed by atoms with E-state index in [9.17, 15) is 8.42 Å². The SMILES string of the molecule is CCC(C#N)S(=O)(=O)c1cc(N)ccc1Cl. The van der Waals surface area contributed by atoms with Gasteiger partial charge in [-0.2, -0.15) is 5.26 Å². The molecule has 1 unspecified atom stereocenters. The van der Waals surface area contributed by atoms with Gasteiger partial charge in [-0.3, -0.25) is 0 Å². The number of nitrogens with two attached hydrogens (primary N) is 1. The number of nitriles is 1. The number of rotatable bonds is 3. The average Bonchev–Trinajstić information content (AvgIpc) is 2.23. The van der Waals surface area contributed by atoms with E-state index < -0.39 is 15.1 Å². The summed E-state index contributed by atoms with van der Waals surface area (Å²) in [4.78, 5) is -0.0810. The minimum Gasteiger partial charge on any atom is -0.399 e. The number of hydrogen-bond donors (Lipinski definition) is 1. The number of benzene rings is 1. The van der Waals surface area contributed by atoms with Crippen LogP contribution in [0.15, 0.2) is 23.1 Å². The van der Waals surface area contributed by atoms with Crippen molar-refractivity contribution in [3.05, 3.63) is 23.2 Å². The van der Waals surface area contributed by atoms with Gasteiger partial charge in [-0.05, 0) is 24.6 Å². The zero-order valence-electron chi connectivity index (χ0n) is 8.64. The summed E-state index contributed by atoms with van der Waals surface area (Å²) in [6.07, 6.45) is 0.212. The van der Waals surface area contributed by atoms with Crippen molar-refractivity contribution < 1.29 is 8.42 Å². The fourth-order valence-electron chi connectivity index (χ4n) is 1.27. The van der Waals surface area contributed by atoms with E-state index in [2.05, 4.69) is 0 Å². The molecule has 0 aliphatic rings. The Morgan fingerprint density at radius 3 is 2.69 bits per heavy atom. The highest BCUT2D eigenvalue weighted by molar-refractivity contribution is 7.92. The lowest BCUT2D eigenvalue weighted by Crippen LogP contribution is -2.19. The van der Waals surface area contributed by atoms with Gasteiger partial charge in [0.2, 0.25) is 0 Å². The molecule has 16 heavy (non-hydrogen) atoms. The molecule has 86 valence electrons. The van der Waals surface area contributed by atoms with Crippen LogP contribution in [0.25, 0.3) is 0 Å². The summed E-state index contributed by atoms with van der Waals surface area (Å²) < 4.78 is 24.0. The summed E-state index contributed by atoms with van der Waals surface area (Å²) in [5, 5.41) is 7.77. The molecule has 0 aliphatic carbocycles. The van der Waals surface area contributed by atoms with Gasteiger partial charge >= 0.3 is 0 Å². The smallest absolute Gasteiger partial charge is 0.196 e. The lowest BCUT2D eigenvalue weighted by atomic mass is 10.3. The minimum atomic E-state index is -3.73. The predicted octanol–water partition coefficient (Wildman–Crippen LogP) is 2.00. The molecule has 0 spiro atoms. The van der Waals surface area contributed by atoms with Crippen LogP contribution in [-0.4, -0.2) is 13.7 Å². The van der Waals surface area contributed by atoms with Crippen molar-refractivity contribution in [2.45, 2.75) is 23.5 Å². The molecule has 0 aliphatic heterocycles. The van der Waals surface area contributed by atoms with Crippen LogP contribution in [-0.2, 0) is 9.84 Å². The number of nitrogens with zero attached hydrogens (tertiary/aromatic N) is 1. The van der Waals surface area contributed by atoms with Crippen LogP contribution in [0.5, 0.6) is 0 Å². The summed E-state index contributed by atoms with van der Waals surface area (Å²) in [7, 11) is -3.73. The second-order valence-corrected chi connectivity index (χ2v) is 5.77. The maximum atomic E-state index is 12.0. The first-order valence-electron chi connectivity index (χ1n) is 4.62. The van der Waals surface area contributed by atoms with Crippen LogP contribution < -0.4 is 5.73 Å². The molecule has 2 N–H and O–H groups in total. The molecule has 0 amide bonds. The van der Waals surface area contributed by atoms with Gasteiger partial charge in [-0.15, -0.1) is 0 Å². The highest BCUT2D eigenvalue weighted by atomic mass is 35.5. The standard InChI is InChI=1S/C10H11ClN2O2S/c1-2-8(6-12)16(14,15)10-5-7(13)3-4-9(10)11/h3-5,8H,2,13H2,1H3. The number of sulfone groups is 1. The van der Waals surface area contributed by atoms with Crippen LogP contribution in [0.1, 0.15) is 13.3 Å². The van der Waals surface area contributed by atoms with E-state index in [1.807, 2.05) is 0 Å². The van der Waals surface area contributed by atoms with Crippen LogP contribution >= 0.6 is 11.6 Å². The van der Waals surface area contributed by atoms with Crippen molar-refractivity contribution in [2.75, 3.05) is 5.73 Å². The van der Waals surface area contributed by atoms with Crippen LogP contribution in [0, 0.1) is 11.3 Å². The van der Waals surface area contributed by atoms with Gasteiger partial charge < -0.3 is 5.73 Å². The van der Waals surface area contributed by atoms with Gasteiger partial charge in [0.05, 0.1) is 16.0 Å². The van der Waals surface area contributed by atoms with Crippen molar-refractivity contribution in [1.82, 2.24) is 0 Å². The maximum absolute atomic E-state index is 12.0. The summed E-state index contributed by atoms with van der Waals surface area (Å²) in [6, 6.07) is 5.94. The summed E-state index contributed by atoms with van der Waals surface area (Å²) in [6.45, 7) is 1.63. The van der Waals surface area contributed by atoms with Crippen LogP contribution in [0.2, 0.25) is 5.02 Å². The average molecular weight is 259 g/mol. The van der Waals surface area contributed by atoms with Gasteiger partial charge in [-0.1, -0.05) is 18.5 Å². The van der Waals surface area contributed by atoms with Crippen molar-refractivity contribution >= 4 is 27.1 Å². The van der Waals surface area contributed by atoms with E-state index in [0.29, 0.717) is 5.69 Å². The van der Waals surface area contributed by atoms with Gasteiger partial charge in [-0.25, -0.2) is 8.42 Å². The zero-order chi connectivity index (χ0) is 12.3. The van der Waals surface area contributed by atoms with Crippen molar-refractivity contribution in [2.24, 2.45) is 0 Å². The quantitative estimate of drug-likeness (QED) is 0.841. The molecular formula is C10H11ClN2O2S. The maximum Gasteiger partial charge on any atom is 0.196 e. The number of halogens is 1. The first-order valence-corrected chi connectivity index (χ1v) is 6.54. The Hall–Kier alpha value is -1.25. The molecule has 1 aromatic rings. The lowest BCUT2D eigenvalue weighted by Gasteiger charge is -2.10.